The Labute approximate surface area is 119 Å². The molecule has 2 aliphatic rings. The summed E-state index contributed by atoms with van der Waals surface area (Å²) in [6, 6.07) is 1.93. The van der Waals surface area contributed by atoms with E-state index in [1.54, 1.807) is 4.68 Å². The van der Waals surface area contributed by atoms with Crippen molar-refractivity contribution in [2.75, 3.05) is 5.32 Å². The van der Waals surface area contributed by atoms with Crippen LogP contribution in [0.1, 0.15) is 25.0 Å². The lowest BCUT2D eigenvalue weighted by atomic mass is 9.84. The van der Waals surface area contributed by atoms with Gasteiger partial charge >= 0.3 is 0 Å². The monoisotopic (exact) mass is 284 g/mol. The quantitative estimate of drug-likeness (QED) is 0.864. The number of nitrogens with zero attached hydrogens (tertiary/aromatic N) is 2. The molecule has 0 spiro atoms. The van der Waals surface area contributed by atoms with Crippen LogP contribution in [0.2, 0.25) is 0 Å². The maximum absolute atomic E-state index is 12.3. The van der Waals surface area contributed by atoms with E-state index in [1.807, 2.05) is 20.0 Å². The number of fused-ring (bicyclic) bond motifs is 2. The smallest absolute Gasteiger partial charge is 0.230 e. The summed E-state index contributed by atoms with van der Waals surface area (Å²) in [6.07, 6.45) is 3.48. The number of carbonyl (C=O) groups is 1. The van der Waals surface area contributed by atoms with Gasteiger partial charge in [-0.05, 0) is 38.0 Å². The van der Waals surface area contributed by atoms with Crippen molar-refractivity contribution < 1.29 is 4.79 Å². The van der Waals surface area contributed by atoms with E-state index in [0.29, 0.717) is 11.8 Å². The van der Waals surface area contributed by atoms with Crippen LogP contribution in [0.4, 0.5) is 5.82 Å². The van der Waals surface area contributed by atoms with Gasteiger partial charge in [-0.1, -0.05) is 0 Å². The minimum absolute atomic E-state index is 0. The molecule has 5 nitrogen and oxygen atoms in total. The van der Waals surface area contributed by atoms with E-state index in [2.05, 4.69) is 10.4 Å². The van der Waals surface area contributed by atoms with E-state index in [4.69, 9.17) is 5.73 Å². The molecule has 6 heteroatoms. The van der Waals surface area contributed by atoms with Crippen LogP contribution in [0.25, 0.3) is 0 Å². The Morgan fingerprint density at radius 2 is 2.16 bits per heavy atom. The lowest BCUT2D eigenvalue weighted by Gasteiger charge is -2.26. The molecular weight excluding hydrogens is 264 g/mol. The Morgan fingerprint density at radius 3 is 2.68 bits per heavy atom. The number of amides is 1. The van der Waals surface area contributed by atoms with Crippen molar-refractivity contribution in [1.82, 2.24) is 9.78 Å². The van der Waals surface area contributed by atoms with E-state index in [9.17, 15) is 4.79 Å². The molecule has 3 N–H and O–H groups in total. The number of hydrogen-bond donors (Lipinski definition) is 2. The molecule has 1 aromatic rings. The van der Waals surface area contributed by atoms with Crippen LogP contribution in [0.3, 0.4) is 0 Å². The average molecular weight is 285 g/mol. The second kappa shape index (κ2) is 5.13. The van der Waals surface area contributed by atoms with Crippen molar-refractivity contribution in [2.24, 2.45) is 30.5 Å². The molecule has 2 aliphatic carbocycles. The van der Waals surface area contributed by atoms with Crippen LogP contribution in [0, 0.1) is 24.7 Å². The second-order valence-electron chi connectivity index (χ2n) is 5.72. The van der Waals surface area contributed by atoms with Gasteiger partial charge in [0.2, 0.25) is 5.91 Å². The van der Waals surface area contributed by atoms with Gasteiger partial charge in [0.15, 0.2) is 0 Å². The van der Waals surface area contributed by atoms with Gasteiger partial charge in [0.05, 0.1) is 11.6 Å². The Balaban J connectivity index is 0.00000133. The van der Waals surface area contributed by atoms with E-state index < -0.39 is 0 Å². The summed E-state index contributed by atoms with van der Waals surface area (Å²) < 4.78 is 1.70. The molecule has 0 radical (unpaired) electrons. The van der Waals surface area contributed by atoms with Crippen molar-refractivity contribution in [3.05, 3.63) is 11.8 Å². The Kier molecular flexibility index (Phi) is 3.87. The predicted molar refractivity (Wildman–Crippen MR) is 76.1 cm³/mol. The van der Waals surface area contributed by atoms with Gasteiger partial charge in [0.1, 0.15) is 5.82 Å². The first kappa shape index (κ1) is 14.3. The number of rotatable bonds is 2. The molecule has 4 unspecified atom stereocenters. The van der Waals surface area contributed by atoms with Crippen LogP contribution in [-0.2, 0) is 11.8 Å². The van der Waals surface area contributed by atoms with Gasteiger partial charge in [-0.2, -0.15) is 5.10 Å². The highest BCUT2D eigenvalue weighted by atomic mass is 35.5. The van der Waals surface area contributed by atoms with Gasteiger partial charge in [0, 0.05) is 19.2 Å². The molecule has 4 atom stereocenters. The van der Waals surface area contributed by atoms with Gasteiger partial charge in [-0.25, -0.2) is 0 Å². The molecule has 2 fully saturated rings. The highest BCUT2D eigenvalue weighted by Gasteiger charge is 2.49. The molecular formula is C13H21ClN4O. The normalized spacial score (nSPS) is 32.2. The molecule has 0 aromatic carbocycles. The van der Waals surface area contributed by atoms with Crippen molar-refractivity contribution in [1.29, 1.82) is 0 Å². The standard InChI is InChI=1S/C13H20N4O.ClH/c1-7-5-10(17(2)16-7)15-13(18)11-8-3-4-9(6-8)12(11)14;/h5,8-9,11-12H,3-4,6,14H2,1-2H3,(H,15,18);1H. The van der Waals surface area contributed by atoms with Crippen LogP contribution in [-0.4, -0.2) is 21.7 Å². The number of halogens is 1. The molecule has 3 rings (SSSR count). The molecule has 19 heavy (non-hydrogen) atoms. The minimum Gasteiger partial charge on any atom is -0.327 e. The summed E-state index contributed by atoms with van der Waals surface area (Å²) >= 11 is 0. The van der Waals surface area contributed by atoms with Crippen LogP contribution in [0.5, 0.6) is 0 Å². The molecule has 0 aliphatic heterocycles. The third-order valence-electron chi connectivity index (χ3n) is 4.54. The lowest BCUT2D eigenvalue weighted by molar-refractivity contribution is -0.121. The van der Waals surface area contributed by atoms with Crippen LogP contribution >= 0.6 is 12.4 Å². The first-order chi connectivity index (χ1) is 8.56. The van der Waals surface area contributed by atoms with Gasteiger partial charge < -0.3 is 11.1 Å². The van der Waals surface area contributed by atoms with Crippen molar-refractivity contribution in [3.63, 3.8) is 0 Å². The van der Waals surface area contributed by atoms with E-state index in [-0.39, 0.29) is 30.3 Å². The topological polar surface area (TPSA) is 72.9 Å². The zero-order valence-corrected chi connectivity index (χ0v) is 12.1. The van der Waals surface area contributed by atoms with E-state index in [1.165, 1.54) is 6.42 Å². The fourth-order valence-electron chi connectivity index (χ4n) is 3.66. The van der Waals surface area contributed by atoms with Gasteiger partial charge in [-0.15, -0.1) is 12.4 Å². The number of aromatic nitrogens is 2. The number of nitrogens with one attached hydrogen (secondary N) is 1. The number of aryl methyl sites for hydroxylation is 2. The zero-order chi connectivity index (χ0) is 12.9. The predicted octanol–water partition coefficient (Wildman–Crippen LogP) is 1.46. The van der Waals surface area contributed by atoms with Crippen molar-refractivity contribution >= 4 is 24.1 Å². The summed E-state index contributed by atoms with van der Waals surface area (Å²) in [5, 5.41) is 7.20. The average Bonchev–Trinajstić information content (AvgIpc) is 2.94. The highest BCUT2D eigenvalue weighted by molar-refractivity contribution is 5.93. The van der Waals surface area contributed by atoms with E-state index in [0.717, 1.165) is 24.4 Å². The zero-order valence-electron chi connectivity index (χ0n) is 11.3. The fourth-order valence-corrected chi connectivity index (χ4v) is 3.66. The van der Waals surface area contributed by atoms with Crippen LogP contribution in [0.15, 0.2) is 6.07 Å². The Bertz CT molecular complexity index is 485. The first-order valence-electron chi connectivity index (χ1n) is 6.63. The van der Waals surface area contributed by atoms with Gasteiger partial charge in [0.25, 0.3) is 0 Å². The third kappa shape index (κ3) is 2.37. The summed E-state index contributed by atoms with van der Waals surface area (Å²) in [5.74, 6) is 1.85. The van der Waals surface area contributed by atoms with Crippen LogP contribution < -0.4 is 11.1 Å². The van der Waals surface area contributed by atoms with Crippen molar-refractivity contribution in [3.8, 4) is 0 Å². The molecule has 1 heterocycles. The minimum atomic E-state index is -0.0149. The fraction of sp³-hybridized carbons (Fsp3) is 0.692. The Hall–Kier alpha value is -1.07. The maximum atomic E-state index is 12.3. The first-order valence-corrected chi connectivity index (χ1v) is 6.63. The molecule has 2 bridgehead atoms. The Morgan fingerprint density at radius 1 is 1.47 bits per heavy atom. The summed E-state index contributed by atoms with van der Waals surface area (Å²) in [7, 11) is 1.84. The summed E-state index contributed by atoms with van der Waals surface area (Å²) in [6.45, 7) is 1.92. The maximum Gasteiger partial charge on any atom is 0.230 e. The third-order valence-corrected chi connectivity index (χ3v) is 4.54. The molecule has 0 saturated heterocycles. The molecule has 1 amide bonds. The SMILES string of the molecule is Cc1cc(NC(=O)C2C3CCC(C3)C2N)n(C)n1.Cl. The number of nitrogens with two attached hydrogens (primary N) is 1. The number of carbonyl (C=O) groups excluding carboxylic acids is 1. The van der Waals surface area contributed by atoms with Crippen molar-refractivity contribution in [2.45, 2.75) is 32.2 Å². The second-order valence-corrected chi connectivity index (χ2v) is 5.72. The highest BCUT2D eigenvalue weighted by Crippen LogP contribution is 2.47. The lowest BCUT2D eigenvalue weighted by Crippen LogP contribution is -2.42. The van der Waals surface area contributed by atoms with Gasteiger partial charge in [-0.3, -0.25) is 9.48 Å². The number of anilines is 1. The molecule has 2 saturated carbocycles. The molecule has 1 aromatic heterocycles. The molecule has 106 valence electrons. The van der Waals surface area contributed by atoms with E-state index >= 15 is 0 Å². The summed E-state index contributed by atoms with van der Waals surface area (Å²) in [4.78, 5) is 12.3. The largest absolute Gasteiger partial charge is 0.327 e. The summed E-state index contributed by atoms with van der Waals surface area (Å²) in [5.41, 5.74) is 7.09. The number of hydrogen-bond acceptors (Lipinski definition) is 3.